The molecule has 0 amide bonds. The number of benzene rings is 1. The predicted molar refractivity (Wildman–Crippen MR) is 65.1 cm³/mol. The molecular weight excluding hydrogens is 216 g/mol. The number of aromatic nitrogens is 1. The summed E-state index contributed by atoms with van der Waals surface area (Å²) in [5, 5.41) is 13.3. The average Bonchev–Trinajstić information content (AvgIpc) is 3.04. The highest BCUT2D eigenvalue weighted by Crippen LogP contribution is 2.22. The molecule has 17 heavy (non-hydrogen) atoms. The maximum atomic E-state index is 11.1. The third-order valence-electron chi connectivity index (χ3n) is 3.11. The van der Waals surface area contributed by atoms with Crippen molar-refractivity contribution in [1.82, 2.24) is 10.3 Å². The van der Waals surface area contributed by atoms with Gasteiger partial charge >= 0.3 is 5.97 Å². The standard InChI is InChI=1S/C13H14N2O2/c16-13(17)10-2-1-3-12-11(10)6-9(15-12)7-14-8-4-5-8/h1-3,6,8,14-15H,4-5,7H2,(H,16,17). The van der Waals surface area contributed by atoms with Crippen LogP contribution < -0.4 is 5.32 Å². The van der Waals surface area contributed by atoms with Gasteiger partial charge in [0.25, 0.3) is 0 Å². The molecule has 1 aliphatic carbocycles. The molecule has 0 aliphatic heterocycles. The molecule has 3 rings (SSSR count). The maximum Gasteiger partial charge on any atom is 0.336 e. The smallest absolute Gasteiger partial charge is 0.336 e. The summed E-state index contributed by atoms with van der Waals surface area (Å²) in [6.45, 7) is 0.776. The normalized spacial score (nSPS) is 15.3. The first kappa shape index (κ1) is 10.4. The van der Waals surface area contributed by atoms with Crippen LogP contribution in [-0.4, -0.2) is 22.1 Å². The van der Waals surface area contributed by atoms with Crippen molar-refractivity contribution in [2.24, 2.45) is 0 Å². The molecule has 1 fully saturated rings. The maximum absolute atomic E-state index is 11.1. The molecule has 0 saturated heterocycles. The van der Waals surface area contributed by atoms with Crippen LogP contribution in [0.2, 0.25) is 0 Å². The number of carboxylic acids is 1. The fourth-order valence-electron chi connectivity index (χ4n) is 2.04. The first-order chi connectivity index (χ1) is 8.24. The van der Waals surface area contributed by atoms with Gasteiger partial charge in [-0.2, -0.15) is 0 Å². The molecule has 0 radical (unpaired) electrons. The lowest BCUT2D eigenvalue weighted by molar-refractivity contribution is 0.0699. The van der Waals surface area contributed by atoms with Gasteiger partial charge in [0, 0.05) is 29.2 Å². The largest absolute Gasteiger partial charge is 0.478 e. The fraction of sp³-hybridized carbons (Fsp3) is 0.308. The number of hydrogen-bond acceptors (Lipinski definition) is 2. The molecule has 1 heterocycles. The van der Waals surface area contributed by atoms with E-state index in [0.717, 1.165) is 23.1 Å². The van der Waals surface area contributed by atoms with Crippen LogP contribution in [-0.2, 0) is 6.54 Å². The van der Waals surface area contributed by atoms with Crippen molar-refractivity contribution in [3.05, 3.63) is 35.5 Å². The van der Waals surface area contributed by atoms with E-state index in [1.165, 1.54) is 12.8 Å². The van der Waals surface area contributed by atoms with Crippen molar-refractivity contribution in [1.29, 1.82) is 0 Å². The number of H-pyrrole nitrogens is 1. The van der Waals surface area contributed by atoms with E-state index in [1.54, 1.807) is 12.1 Å². The lowest BCUT2D eigenvalue weighted by Gasteiger charge is -1.98. The van der Waals surface area contributed by atoms with Gasteiger partial charge in [0.15, 0.2) is 0 Å². The zero-order valence-electron chi connectivity index (χ0n) is 9.36. The Hall–Kier alpha value is -1.81. The number of rotatable bonds is 4. The highest BCUT2D eigenvalue weighted by Gasteiger charge is 2.20. The Morgan fingerprint density at radius 3 is 3.00 bits per heavy atom. The third kappa shape index (κ3) is 2.03. The second-order valence-corrected chi connectivity index (χ2v) is 4.52. The summed E-state index contributed by atoms with van der Waals surface area (Å²) < 4.78 is 0. The van der Waals surface area contributed by atoms with E-state index in [9.17, 15) is 4.79 Å². The third-order valence-corrected chi connectivity index (χ3v) is 3.11. The summed E-state index contributed by atoms with van der Waals surface area (Å²) in [7, 11) is 0. The van der Waals surface area contributed by atoms with E-state index < -0.39 is 5.97 Å². The van der Waals surface area contributed by atoms with Gasteiger partial charge in [-0.25, -0.2) is 4.79 Å². The Morgan fingerprint density at radius 1 is 1.47 bits per heavy atom. The zero-order valence-corrected chi connectivity index (χ0v) is 9.36. The van der Waals surface area contributed by atoms with Crippen molar-refractivity contribution >= 4 is 16.9 Å². The topological polar surface area (TPSA) is 65.1 Å². The monoisotopic (exact) mass is 230 g/mol. The summed E-state index contributed by atoms with van der Waals surface area (Å²) in [5.41, 5.74) is 2.29. The van der Waals surface area contributed by atoms with Gasteiger partial charge in [0.2, 0.25) is 0 Å². The second-order valence-electron chi connectivity index (χ2n) is 4.52. The highest BCUT2D eigenvalue weighted by molar-refractivity contribution is 6.03. The fourth-order valence-corrected chi connectivity index (χ4v) is 2.04. The first-order valence-electron chi connectivity index (χ1n) is 5.81. The molecule has 0 atom stereocenters. The molecule has 4 heteroatoms. The van der Waals surface area contributed by atoms with Crippen molar-refractivity contribution in [3.63, 3.8) is 0 Å². The number of nitrogens with one attached hydrogen (secondary N) is 2. The van der Waals surface area contributed by atoms with Crippen LogP contribution in [0.1, 0.15) is 28.9 Å². The van der Waals surface area contributed by atoms with Gasteiger partial charge in [-0.15, -0.1) is 0 Å². The van der Waals surface area contributed by atoms with Gasteiger partial charge in [-0.1, -0.05) is 6.07 Å². The van der Waals surface area contributed by atoms with E-state index in [0.29, 0.717) is 11.6 Å². The van der Waals surface area contributed by atoms with Gasteiger partial charge in [-0.3, -0.25) is 0 Å². The molecule has 1 aromatic carbocycles. The Kier molecular flexibility index (Phi) is 2.37. The molecule has 1 aliphatic rings. The zero-order chi connectivity index (χ0) is 11.8. The summed E-state index contributed by atoms with van der Waals surface area (Å²) in [6, 6.07) is 7.88. The molecule has 0 bridgehead atoms. The van der Waals surface area contributed by atoms with Crippen molar-refractivity contribution in [3.8, 4) is 0 Å². The summed E-state index contributed by atoms with van der Waals surface area (Å²) in [5.74, 6) is -0.878. The van der Waals surface area contributed by atoms with Gasteiger partial charge in [0.05, 0.1) is 5.56 Å². The number of aromatic amines is 1. The van der Waals surface area contributed by atoms with E-state index >= 15 is 0 Å². The number of carboxylic acid groups (broad SMARTS) is 1. The Labute approximate surface area is 98.6 Å². The molecular formula is C13H14N2O2. The minimum Gasteiger partial charge on any atom is -0.478 e. The van der Waals surface area contributed by atoms with Gasteiger partial charge < -0.3 is 15.4 Å². The summed E-state index contributed by atoms with van der Waals surface area (Å²) >= 11 is 0. The van der Waals surface area contributed by atoms with Crippen LogP contribution >= 0.6 is 0 Å². The number of carbonyl (C=O) groups is 1. The Balaban J connectivity index is 1.93. The molecule has 4 nitrogen and oxygen atoms in total. The van der Waals surface area contributed by atoms with Crippen molar-refractivity contribution < 1.29 is 9.90 Å². The van der Waals surface area contributed by atoms with Crippen LogP contribution in [0.3, 0.4) is 0 Å². The molecule has 3 N–H and O–H groups in total. The Bertz CT molecular complexity index is 570. The lowest BCUT2D eigenvalue weighted by Crippen LogP contribution is -2.15. The van der Waals surface area contributed by atoms with E-state index in [4.69, 9.17) is 5.11 Å². The van der Waals surface area contributed by atoms with Gasteiger partial charge in [0.1, 0.15) is 0 Å². The Morgan fingerprint density at radius 2 is 2.29 bits per heavy atom. The van der Waals surface area contributed by atoms with Crippen LogP contribution in [0.4, 0.5) is 0 Å². The number of fused-ring (bicyclic) bond motifs is 1. The molecule has 0 unspecified atom stereocenters. The minimum atomic E-state index is -0.878. The van der Waals surface area contributed by atoms with Crippen LogP contribution in [0.15, 0.2) is 24.3 Å². The number of aromatic carboxylic acids is 1. The van der Waals surface area contributed by atoms with Crippen LogP contribution in [0.25, 0.3) is 10.9 Å². The minimum absolute atomic E-state index is 0.358. The molecule has 1 aromatic heterocycles. The van der Waals surface area contributed by atoms with E-state index in [2.05, 4.69) is 10.3 Å². The van der Waals surface area contributed by atoms with Crippen molar-refractivity contribution in [2.45, 2.75) is 25.4 Å². The number of hydrogen-bond donors (Lipinski definition) is 3. The lowest BCUT2D eigenvalue weighted by atomic mass is 10.1. The van der Waals surface area contributed by atoms with E-state index in [1.807, 2.05) is 12.1 Å². The molecule has 1 saturated carbocycles. The van der Waals surface area contributed by atoms with E-state index in [-0.39, 0.29) is 0 Å². The summed E-state index contributed by atoms with van der Waals surface area (Å²) in [4.78, 5) is 14.3. The van der Waals surface area contributed by atoms with Crippen LogP contribution in [0, 0.1) is 0 Å². The van der Waals surface area contributed by atoms with Crippen LogP contribution in [0.5, 0.6) is 0 Å². The molecule has 2 aromatic rings. The second kappa shape index (κ2) is 3.89. The SMILES string of the molecule is O=C(O)c1cccc2[nH]c(CNC3CC3)cc12. The molecule has 0 spiro atoms. The first-order valence-corrected chi connectivity index (χ1v) is 5.81. The molecule has 88 valence electrons. The average molecular weight is 230 g/mol. The van der Waals surface area contributed by atoms with Gasteiger partial charge in [-0.05, 0) is 31.0 Å². The highest BCUT2D eigenvalue weighted by atomic mass is 16.4. The summed E-state index contributed by atoms with van der Waals surface area (Å²) in [6.07, 6.45) is 2.50. The quantitative estimate of drug-likeness (QED) is 0.753. The predicted octanol–water partition coefficient (Wildman–Crippen LogP) is 2.12. The van der Waals surface area contributed by atoms with Crippen molar-refractivity contribution in [2.75, 3.05) is 0 Å².